The van der Waals surface area contributed by atoms with Gasteiger partial charge in [-0.1, -0.05) is 39.0 Å². The van der Waals surface area contributed by atoms with Gasteiger partial charge in [0.25, 0.3) is 0 Å². The van der Waals surface area contributed by atoms with Crippen molar-refractivity contribution in [2.75, 3.05) is 7.11 Å². The van der Waals surface area contributed by atoms with Crippen LogP contribution in [0.1, 0.15) is 26.3 Å². The Balaban J connectivity index is 2.35. The second-order valence-corrected chi connectivity index (χ2v) is 5.47. The Hall–Kier alpha value is -1.96. The van der Waals surface area contributed by atoms with E-state index in [-0.39, 0.29) is 5.41 Å². The summed E-state index contributed by atoms with van der Waals surface area (Å²) in [5.41, 5.74) is 1.20. The highest BCUT2D eigenvalue weighted by Crippen LogP contribution is 2.32. The number of methoxy groups -OCH3 is 1. The van der Waals surface area contributed by atoms with E-state index < -0.39 is 0 Å². The SMILES string of the molecule is COc1[c]c(Oc2ccccc2)cc(C(C)(C)C)c1. The van der Waals surface area contributed by atoms with E-state index >= 15 is 0 Å². The molecule has 99 valence electrons. The smallest absolute Gasteiger partial charge is 0.139 e. The van der Waals surface area contributed by atoms with Crippen molar-refractivity contribution in [2.24, 2.45) is 0 Å². The molecule has 0 bridgehead atoms. The molecule has 0 aliphatic rings. The van der Waals surface area contributed by atoms with E-state index in [2.05, 4.69) is 26.8 Å². The van der Waals surface area contributed by atoms with Gasteiger partial charge >= 0.3 is 0 Å². The zero-order valence-corrected chi connectivity index (χ0v) is 11.9. The molecule has 2 heteroatoms. The highest BCUT2D eigenvalue weighted by molar-refractivity contribution is 5.42. The van der Waals surface area contributed by atoms with Crippen LogP contribution in [0.25, 0.3) is 0 Å². The van der Waals surface area contributed by atoms with Crippen LogP contribution >= 0.6 is 0 Å². The number of hydrogen-bond donors (Lipinski definition) is 0. The number of ether oxygens (including phenoxy) is 2. The van der Waals surface area contributed by atoms with Crippen molar-refractivity contribution in [3.63, 3.8) is 0 Å². The second kappa shape index (κ2) is 5.35. The Labute approximate surface area is 115 Å². The van der Waals surface area contributed by atoms with Crippen LogP contribution in [0.4, 0.5) is 0 Å². The molecule has 0 N–H and O–H groups in total. The van der Waals surface area contributed by atoms with Crippen LogP contribution in [0.15, 0.2) is 42.5 Å². The van der Waals surface area contributed by atoms with Gasteiger partial charge in [0.2, 0.25) is 0 Å². The van der Waals surface area contributed by atoms with Gasteiger partial charge in [-0.15, -0.1) is 0 Å². The molecule has 0 spiro atoms. The molecule has 0 aliphatic heterocycles. The molecular formula is C17H19O2. The third-order valence-electron chi connectivity index (χ3n) is 2.88. The molecule has 0 atom stereocenters. The Morgan fingerprint density at radius 3 is 2.16 bits per heavy atom. The van der Waals surface area contributed by atoms with Crippen molar-refractivity contribution >= 4 is 0 Å². The summed E-state index contributed by atoms with van der Waals surface area (Å²) in [4.78, 5) is 0. The summed E-state index contributed by atoms with van der Waals surface area (Å²) in [6, 6.07) is 16.8. The van der Waals surface area contributed by atoms with E-state index in [0.29, 0.717) is 11.5 Å². The largest absolute Gasteiger partial charge is 0.496 e. The first kappa shape index (κ1) is 13.5. The average molecular weight is 255 g/mol. The molecule has 0 saturated heterocycles. The number of hydrogen-bond acceptors (Lipinski definition) is 2. The Morgan fingerprint density at radius 1 is 0.947 bits per heavy atom. The highest BCUT2D eigenvalue weighted by atomic mass is 16.5. The lowest BCUT2D eigenvalue weighted by Gasteiger charge is -2.20. The fourth-order valence-corrected chi connectivity index (χ4v) is 1.73. The van der Waals surface area contributed by atoms with Gasteiger partial charge in [-0.3, -0.25) is 0 Å². The lowest BCUT2D eigenvalue weighted by atomic mass is 9.87. The number of rotatable bonds is 3. The van der Waals surface area contributed by atoms with Gasteiger partial charge in [-0.05, 0) is 35.2 Å². The highest BCUT2D eigenvalue weighted by Gasteiger charge is 2.16. The summed E-state index contributed by atoms with van der Waals surface area (Å²) in [5, 5.41) is 0. The summed E-state index contributed by atoms with van der Waals surface area (Å²) in [5.74, 6) is 2.17. The van der Waals surface area contributed by atoms with Gasteiger partial charge in [0, 0.05) is 0 Å². The van der Waals surface area contributed by atoms with E-state index in [1.54, 1.807) is 7.11 Å². The van der Waals surface area contributed by atoms with Gasteiger partial charge in [0.15, 0.2) is 0 Å². The van der Waals surface area contributed by atoms with E-state index in [1.165, 1.54) is 0 Å². The molecule has 2 aromatic rings. The minimum atomic E-state index is 0.0389. The van der Waals surface area contributed by atoms with Crippen LogP contribution in [0.5, 0.6) is 17.2 Å². The average Bonchev–Trinajstić information content (AvgIpc) is 2.38. The van der Waals surface area contributed by atoms with Crippen LogP contribution in [-0.2, 0) is 5.41 Å². The summed E-state index contributed by atoms with van der Waals surface area (Å²) in [6.07, 6.45) is 0. The zero-order chi connectivity index (χ0) is 13.9. The van der Waals surface area contributed by atoms with E-state index in [9.17, 15) is 0 Å². The molecule has 0 aliphatic carbocycles. The lowest BCUT2D eigenvalue weighted by molar-refractivity contribution is 0.404. The van der Waals surface area contributed by atoms with Gasteiger partial charge in [0.05, 0.1) is 13.2 Å². The van der Waals surface area contributed by atoms with Gasteiger partial charge in [-0.25, -0.2) is 0 Å². The van der Waals surface area contributed by atoms with Gasteiger partial charge < -0.3 is 9.47 Å². The Morgan fingerprint density at radius 2 is 1.58 bits per heavy atom. The normalized spacial score (nSPS) is 11.2. The van der Waals surface area contributed by atoms with Crippen molar-refractivity contribution in [1.82, 2.24) is 0 Å². The standard InChI is InChI=1S/C17H19O2/c1-17(2,3)13-10-15(18-4)12-16(11-13)19-14-8-6-5-7-9-14/h5-11H,1-4H3. The second-order valence-electron chi connectivity index (χ2n) is 5.47. The van der Waals surface area contributed by atoms with Crippen molar-refractivity contribution < 1.29 is 9.47 Å². The van der Waals surface area contributed by atoms with Gasteiger partial charge in [-0.2, -0.15) is 0 Å². The summed E-state index contributed by atoms with van der Waals surface area (Å²) < 4.78 is 11.1. The van der Waals surface area contributed by atoms with Crippen LogP contribution in [0.2, 0.25) is 0 Å². The van der Waals surface area contributed by atoms with E-state index in [4.69, 9.17) is 9.47 Å². The first-order valence-electron chi connectivity index (χ1n) is 6.34. The third kappa shape index (κ3) is 3.50. The zero-order valence-electron chi connectivity index (χ0n) is 11.9. The fourth-order valence-electron chi connectivity index (χ4n) is 1.73. The molecule has 19 heavy (non-hydrogen) atoms. The maximum absolute atomic E-state index is 5.82. The molecule has 0 amide bonds. The molecule has 0 aromatic heterocycles. The monoisotopic (exact) mass is 255 g/mol. The molecule has 1 radical (unpaired) electrons. The van der Waals surface area contributed by atoms with Crippen LogP contribution in [0.3, 0.4) is 0 Å². The van der Waals surface area contributed by atoms with E-state index in [0.717, 1.165) is 11.3 Å². The fraction of sp³-hybridized carbons (Fsp3) is 0.294. The first-order chi connectivity index (χ1) is 8.99. The van der Waals surface area contributed by atoms with Crippen LogP contribution in [-0.4, -0.2) is 7.11 Å². The molecule has 2 aromatic carbocycles. The maximum Gasteiger partial charge on any atom is 0.139 e. The quantitative estimate of drug-likeness (QED) is 0.799. The molecule has 0 heterocycles. The molecule has 0 fully saturated rings. The van der Waals surface area contributed by atoms with Crippen molar-refractivity contribution in [1.29, 1.82) is 0 Å². The molecule has 0 unspecified atom stereocenters. The molecule has 0 saturated carbocycles. The predicted molar refractivity (Wildman–Crippen MR) is 77.0 cm³/mol. The lowest BCUT2D eigenvalue weighted by Crippen LogP contribution is -2.11. The molecular weight excluding hydrogens is 236 g/mol. The number of benzene rings is 2. The van der Waals surface area contributed by atoms with Crippen molar-refractivity contribution in [2.45, 2.75) is 26.2 Å². The molecule has 2 rings (SSSR count). The maximum atomic E-state index is 5.82. The minimum Gasteiger partial charge on any atom is -0.496 e. The minimum absolute atomic E-state index is 0.0389. The predicted octanol–water partition coefficient (Wildman–Crippen LogP) is 4.59. The Bertz CT molecular complexity index is 539. The Kier molecular flexibility index (Phi) is 3.79. The first-order valence-corrected chi connectivity index (χ1v) is 6.34. The topological polar surface area (TPSA) is 18.5 Å². The van der Waals surface area contributed by atoms with Gasteiger partial charge in [0.1, 0.15) is 17.2 Å². The molecule has 2 nitrogen and oxygen atoms in total. The van der Waals surface area contributed by atoms with Crippen LogP contribution in [0, 0.1) is 6.07 Å². The van der Waals surface area contributed by atoms with Crippen molar-refractivity contribution in [3.8, 4) is 17.2 Å². The summed E-state index contributed by atoms with van der Waals surface area (Å²) in [6.45, 7) is 6.48. The van der Waals surface area contributed by atoms with E-state index in [1.807, 2.05) is 42.5 Å². The third-order valence-corrected chi connectivity index (χ3v) is 2.88. The summed E-state index contributed by atoms with van der Waals surface area (Å²) >= 11 is 0. The van der Waals surface area contributed by atoms with Crippen molar-refractivity contribution in [3.05, 3.63) is 54.1 Å². The van der Waals surface area contributed by atoms with Crippen LogP contribution < -0.4 is 9.47 Å². The summed E-state index contributed by atoms with van der Waals surface area (Å²) in [7, 11) is 1.64. The number of para-hydroxylation sites is 1.